The first-order chi connectivity index (χ1) is 11.6. The monoisotopic (exact) mass is 333 g/mol. The normalized spacial score (nSPS) is 13.3. The Morgan fingerprint density at radius 1 is 1.25 bits per heavy atom. The quantitative estimate of drug-likeness (QED) is 0.389. The van der Waals surface area contributed by atoms with Crippen LogP contribution in [0.5, 0.6) is 0 Å². The average molecular weight is 333 g/mol. The van der Waals surface area contributed by atoms with E-state index in [9.17, 15) is 4.79 Å². The number of benzene rings is 1. The van der Waals surface area contributed by atoms with E-state index in [4.69, 9.17) is 5.26 Å². The second-order valence-electron chi connectivity index (χ2n) is 5.35. The Bertz CT molecular complexity index is 820. The minimum absolute atomic E-state index is 0.0499. The Labute approximate surface area is 147 Å². The summed E-state index contributed by atoms with van der Waals surface area (Å²) in [5.74, 6) is 0.00586. The molecule has 1 atom stereocenters. The first kappa shape index (κ1) is 17.7. The van der Waals surface area contributed by atoms with E-state index in [0.717, 1.165) is 0 Å². The summed E-state index contributed by atoms with van der Waals surface area (Å²) in [4.78, 5) is 13.7. The Morgan fingerprint density at radius 2 is 2.08 bits per heavy atom. The number of nitrogens with zero attached hydrogens (tertiary/aromatic N) is 1. The zero-order valence-electron chi connectivity index (χ0n) is 13.8. The Morgan fingerprint density at radius 3 is 2.75 bits per heavy atom. The highest BCUT2D eigenvalue weighted by atomic mass is 32.1. The van der Waals surface area contributed by atoms with Crippen LogP contribution in [0.25, 0.3) is 6.08 Å². The van der Waals surface area contributed by atoms with E-state index in [0.29, 0.717) is 16.7 Å². The number of hydrogen-bond donors (Lipinski definition) is 0. The molecule has 0 spiro atoms. The molecule has 2 nitrogen and oxygen atoms in total. The van der Waals surface area contributed by atoms with Gasteiger partial charge in [-0.15, -0.1) is 11.3 Å². The zero-order chi connectivity index (χ0) is 17.4. The van der Waals surface area contributed by atoms with E-state index in [1.54, 1.807) is 35.6 Å². The smallest absolute Gasteiger partial charge is 0.188 e. The summed E-state index contributed by atoms with van der Waals surface area (Å²) in [6, 6.07) is 12.9. The maximum absolute atomic E-state index is 12.6. The fourth-order valence-electron chi connectivity index (χ4n) is 2.31. The van der Waals surface area contributed by atoms with E-state index < -0.39 is 0 Å². The molecule has 0 aliphatic carbocycles. The van der Waals surface area contributed by atoms with Gasteiger partial charge in [0.05, 0.1) is 11.6 Å². The summed E-state index contributed by atoms with van der Waals surface area (Å²) in [5, 5.41) is 11.0. The van der Waals surface area contributed by atoms with Gasteiger partial charge in [0.15, 0.2) is 5.78 Å². The van der Waals surface area contributed by atoms with Crippen LogP contribution in [-0.2, 0) is 0 Å². The molecule has 2 aromatic rings. The third-order valence-electron chi connectivity index (χ3n) is 3.50. The third-order valence-corrected chi connectivity index (χ3v) is 4.33. The van der Waals surface area contributed by atoms with E-state index in [-0.39, 0.29) is 11.7 Å². The summed E-state index contributed by atoms with van der Waals surface area (Å²) in [6.07, 6.45) is 10.1. The van der Waals surface area contributed by atoms with Gasteiger partial charge in [-0.1, -0.05) is 42.5 Å². The molecule has 1 unspecified atom stereocenters. The van der Waals surface area contributed by atoms with Crippen LogP contribution in [0.4, 0.5) is 0 Å². The minimum Gasteiger partial charge on any atom is -0.289 e. The highest BCUT2D eigenvalue weighted by Crippen LogP contribution is 2.17. The number of thiophene rings is 1. The van der Waals surface area contributed by atoms with Crippen molar-refractivity contribution in [3.63, 3.8) is 0 Å². The summed E-state index contributed by atoms with van der Waals surface area (Å²) in [5.41, 5.74) is 1.71. The predicted octanol–water partition coefficient (Wildman–Crippen LogP) is 5.65. The van der Waals surface area contributed by atoms with Gasteiger partial charge in [-0.2, -0.15) is 5.26 Å². The molecule has 0 N–H and O–H groups in total. The summed E-state index contributed by atoms with van der Waals surface area (Å²) < 4.78 is 0. The zero-order valence-corrected chi connectivity index (χ0v) is 14.6. The van der Waals surface area contributed by atoms with Crippen molar-refractivity contribution in [2.75, 3.05) is 0 Å². The van der Waals surface area contributed by atoms with Gasteiger partial charge in [0, 0.05) is 16.4 Å². The van der Waals surface area contributed by atoms with Gasteiger partial charge >= 0.3 is 0 Å². The highest BCUT2D eigenvalue weighted by Gasteiger charge is 2.10. The molecular weight excluding hydrogens is 314 g/mol. The maximum Gasteiger partial charge on any atom is 0.188 e. The number of carbonyl (C=O) groups is 1. The second kappa shape index (κ2) is 8.81. The van der Waals surface area contributed by atoms with E-state index >= 15 is 0 Å². The van der Waals surface area contributed by atoms with Crippen LogP contribution in [-0.4, -0.2) is 5.78 Å². The topological polar surface area (TPSA) is 40.9 Å². The molecule has 0 fully saturated rings. The van der Waals surface area contributed by atoms with Crippen molar-refractivity contribution < 1.29 is 4.79 Å². The van der Waals surface area contributed by atoms with Gasteiger partial charge in [-0.3, -0.25) is 4.79 Å². The van der Waals surface area contributed by atoms with Crippen molar-refractivity contribution in [2.24, 2.45) is 5.92 Å². The molecule has 0 bridgehead atoms. The molecule has 0 aliphatic heterocycles. The van der Waals surface area contributed by atoms with Crippen LogP contribution in [0.2, 0.25) is 0 Å². The SMILES string of the molecule is CC=CC(C=C(C)C(=O)c1cccc(C#N)c1)/C=C/c1cccs1. The lowest BCUT2D eigenvalue weighted by atomic mass is 9.98. The van der Waals surface area contributed by atoms with E-state index in [1.165, 1.54) is 4.88 Å². The molecule has 0 radical (unpaired) electrons. The molecular formula is C21H19NOS. The Hall–Kier alpha value is -2.70. The van der Waals surface area contributed by atoms with E-state index in [1.807, 2.05) is 43.5 Å². The minimum atomic E-state index is -0.0499. The average Bonchev–Trinajstić information content (AvgIpc) is 3.12. The van der Waals surface area contributed by atoms with Crippen molar-refractivity contribution in [1.82, 2.24) is 0 Å². The Balaban J connectivity index is 2.21. The predicted molar refractivity (Wildman–Crippen MR) is 101 cm³/mol. The number of hydrogen-bond acceptors (Lipinski definition) is 3. The van der Waals surface area contributed by atoms with Crippen molar-refractivity contribution in [3.05, 3.63) is 87.7 Å². The lowest BCUT2D eigenvalue weighted by Gasteiger charge is -2.06. The van der Waals surface area contributed by atoms with Gasteiger partial charge < -0.3 is 0 Å². The fraction of sp³-hybridized carbons (Fsp3) is 0.143. The lowest BCUT2D eigenvalue weighted by Crippen LogP contribution is -2.03. The fourth-order valence-corrected chi connectivity index (χ4v) is 2.94. The largest absolute Gasteiger partial charge is 0.289 e. The number of nitriles is 1. The van der Waals surface area contributed by atoms with Gasteiger partial charge in [0.25, 0.3) is 0 Å². The van der Waals surface area contributed by atoms with Crippen molar-refractivity contribution in [2.45, 2.75) is 13.8 Å². The van der Waals surface area contributed by atoms with Gasteiger partial charge in [0.2, 0.25) is 0 Å². The third kappa shape index (κ3) is 4.91. The van der Waals surface area contributed by atoms with Crippen molar-refractivity contribution in [3.8, 4) is 6.07 Å². The van der Waals surface area contributed by atoms with Crippen LogP contribution < -0.4 is 0 Å². The molecule has 0 saturated carbocycles. The molecule has 24 heavy (non-hydrogen) atoms. The first-order valence-corrected chi connectivity index (χ1v) is 8.60. The standard InChI is InChI=1S/C21H19NOS/c1-3-6-17(10-11-20-9-5-12-24-20)13-16(2)21(23)19-8-4-7-18(14-19)15-22/h3-14,17H,1-2H3/b6-3?,11-10+,16-13?. The number of rotatable bonds is 6. The number of Topliss-reactive ketones (excluding diaryl/α,β-unsaturated/α-hetero) is 1. The number of allylic oxidation sites excluding steroid dienone is 5. The lowest BCUT2D eigenvalue weighted by molar-refractivity contribution is 0.103. The summed E-state index contributed by atoms with van der Waals surface area (Å²) in [6.45, 7) is 3.78. The molecule has 0 saturated heterocycles. The van der Waals surface area contributed by atoms with Crippen LogP contribution in [0.15, 0.2) is 71.7 Å². The second-order valence-corrected chi connectivity index (χ2v) is 6.33. The number of carbonyl (C=O) groups excluding carboxylic acids is 1. The van der Waals surface area contributed by atoms with Crippen molar-refractivity contribution in [1.29, 1.82) is 5.26 Å². The van der Waals surface area contributed by atoms with Crippen LogP contribution in [0.3, 0.4) is 0 Å². The van der Waals surface area contributed by atoms with Crippen molar-refractivity contribution >= 4 is 23.2 Å². The first-order valence-electron chi connectivity index (χ1n) is 7.72. The van der Waals surface area contributed by atoms with Crippen LogP contribution in [0, 0.1) is 17.2 Å². The van der Waals surface area contributed by atoms with Gasteiger partial charge in [-0.25, -0.2) is 0 Å². The molecule has 0 aliphatic rings. The molecule has 1 aromatic carbocycles. The molecule has 1 heterocycles. The Kier molecular flexibility index (Phi) is 6.48. The van der Waals surface area contributed by atoms with E-state index in [2.05, 4.69) is 24.3 Å². The summed E-state index contributed by atoms with van der Waals surface area (Å²) in [7, 11) is 0. The molecule has 0 amide bonds. The highest BCUT2D eigenvalue weighted by molar-refractivity contribution is 7.10. The molecule has 120 valence electrons. The van der Waals surface area contributed by atoms with Crippen LogP contribution in [0.1, 0.15) is 34.6 Å². The maximum atomic E-state index is 12.6. The molecule has 3 heteroatoms. The molecule has 2 rings (SSSR count). The number of ketones is 1. The molecule has 1 aromatic heterocycles. The summed E-state index contributed by atoms with van der Waals surface area (Å²) >= 11 is 1.68. The van der Waals surface area contributed by atoms with Gasteiger partial charge in [-0.05, 0) is 49.1 Å². The van der Waals surface area contributed by atoms with Gasteiger partial charge in [0.1, 0.15) is 0 Å². The van der Waals surface area contributed by atoms with Crippen LogP contribution >= 0.6 is 11.3 Å².